The Labute approximate surface area is 123 Å². The molecule has 0 bridgehead atoms. The maximum Gasteiger partial charge on any atom is 0.306 e. The van der Waals surface area contributed by atoms with Gasteiger partial charge >= 0.3 is 5.97 Å². The van der Waals surface area contributed by atoms with Gasteiger partial charge in [-0.25, -0.2) is 0 Å². The first-order valence-corrected chi connectivity index (χ1v) is 7.34. The lowest BCUT2D eigenvalue weighted by atomic mass is 9.97. The van der Waals surface area contributed by atoms with E-state index in [-0.39, 0.29) is 0 Å². The molecule has 0 aromatic heterocycles. The highest BCUT2D eigenvalue weighted by Gasteiger charge is 2.18. The quantitative estimate of drug-likeness (QED) is 0.739. The van der Waals surface area contributed by atoms with E-state index >= 15 is 0 Å². The van der Waals surface area contributed by atoms with Crippen molar-refractivity contribution in [3.8, 4) is 0 Å². The van der Waals surface area contributed by atoms with Gasteiger partial charge in [0.1, 0.15) is 0 Å². The number of rotatable bonds is 8. The van der Waals surface area contributed by atoms with E-state index in [2.05, 4.69) is 29.8 Å². The Kier molecular flexibility index (Phi) is 7.10. The third-order valence-corrected chi connectivity index (χ3v) is 3.61. The van der Waals surface area contributed by atoms with Gasteiger partial charge in [0.25, 0.3) is 0 Å². The molecule has 106 valence electrons. The van der Waals surface area contributed by atoms with Gasteiger partial charge in [-0.05, 0) is 30.4 Å². The molecule has 19 heavy (non-hydrogen) atoms. The number of aliphatic carboxylic acids is 1. The van der Waals surface area contributed by atoms with Gasteiger partial charge in [0, 0.05) is 17.7 Å². The van der Waals surface area contributed by atoms with Crippen molar-refractivity contribution < 1.29 is 14.6 Å². The minimum atomic E-state index is -0.760. The first-order valence-electron chi connectivity index (χ1n) is 6.54. The topological polar surface area (TPSA) is 46.5 Å². The van der Waals surface area contributed by atoms with Crippen molar-refractivity contribution in [1.29, 1.82) is 0 Å². The predicted octanol–water partition coefficient (Wildman–Crippen LogP) is 3.76. The summed E-state index contributed by atoms with van der Waals surface area (Å²) in [5.41, 5.74) is 1.03. The second-order valence-corrected chi connectivity index (χ2v) is 5.94. The summed E-state index contributed by atoms with van der Waals surface area (Å²) in [6.07, 6.45) is 1.07. The number of hydrogen-bond acceptors (Lipinski definition) is 2. The van der Waals surface area contributed by atoms with Crippen LogP contribution in [-0.4, -0.2) is 24.3 Å². The van der Waals surface area contributed by atoms with E-state index in [4.69, 9.17) is 4.74 Å². The van der Waals surface area contributed by atoms with Crippen LogP contribution < -0.4 is 0 Å². The first kappa shape index (κ1) is 16.2. The minimum Gasteiger partial charge on any atom is -0.481 e. The van der Waals surface area contributed by atoms with Crippen molar-refractivity contribution in [2.24, 2.45) is 11.8 Å². The van der Waals surface area contributed by atoms with Crippen LogP contribution in [0, 0.1) is 11.8 Å². The lowest BCUT2D eigenvalue weighted by Crippen LogP contribution is -2.19. The SMILES string of the molecule is CC(C)COCCC(Cc1ccccc1Br)C(=O)O. The summed E-state index contributed by atoms with van der Waals surface area (Å²) in [5.74, 6) is -0.679. The molecule has 0 aliphatic heterocycles. The molecule has 1 N–H and O–H groups in total. The van der Waals surface area contributed by atoms with E-state index in [1.807, 2.05) is 24.3 Å². The zero-order valence-corrected chi connectivity index (χ0v) is 13.0. The van der Waals surface area contributed by atoms with Gasteiger partial charge in [-0.3, -0.25) is 4.79 Å². The van der Waals surface area contributed by atoms with Crippen molar-refractivity contribution in [3.63, 3.8) is 0 Å². The lowest BCUT2D eigenvalue weighted by Gasteiger charge is -2.14. The highest BCUT2D eigenvalue weighted by molar-refractivity contribution is 9.10. The Hall–Kier alpha value is -0.870. The Morgan fingerprint density at radius 3 is 2.63 bits per heavy atom. The number of halogens is 1. The van der Waals surface area contributed by atoms with Gasteiger partial charge in [0.05, 0.1) is 5.92 Å². The maximum absolute atomic E-state index is 11.3. The van der Waals surface area contributed by atoms with E-state index in [1.54, 1.807) is 0 Å². The maximum atomic E-state index is 11.3. The molecular formula is C15H21BrO3. The van der Waals surface area contributed by atoms with Crippen LogP contribution in [0.5, 0.6) is 0 Å². The normalized spacial score (nSPS) is 12.6. The van der Waals surface area contributed by atoms with Crippen molar-refractivity contribution in [3.05, 3.63) is 34.3 Å². The van der Waals surface area contributed by atoms with Gasteiger partial charge < -0.3 is 9.84 Å². The molecule has 0 heterocycles. The molecule has 1 aromatic carbocycles. The monoisotopic (exact) mass is 328 g/mol. The minimum absolute atomic E-state index is 0.397. The Bertz CT molecular complexity index is 404. The average Bonchev–Trinajstić information content (AvgIpc) is 2.34. The zero-order valence-electron chi connectivity index (χ0n) is 11.4. The largest absolute Gasteiger partial charge is 0.481 e. The fourth-order valence-electron chi connectivity index (χ4n) is 1.79. The lowest BCUT2D eigenvalue weighted by molar-refractivity contribution is -0.142. The Balaban J connectivity index is 2.49. The molecule has 4 heteroatoms. The van der Waals surface area contributed by atoms with Crippen LogP contribution in [0.4, 0.5) is 0 Å². The molecule has 1 rings (SSSR count). The van der Waals surface area contributed by atoms with Crippen molar-refractivity contribution in [2.45, 2.75) is 26.7 Å². The van der Waals surface area contributed by atoms with E-state index in [0.29, 0.717) is 32.0 Å². The van der Waals surface area contributed by atoms with E-state index in [9.17, 15) is 9.90 Å². The molecule has 1 unspecified atom stereocenters. The molecule has 1 atom stereocenters. The van der Waals surface area contributed by atoms with Crippen LogP contribution in [0.15, 0.2) is 28.7 Å². The number of ether oxygens (including phenoxy) is 1. The van der Waals surface area contributed by atoms with Crippen LogP contribution in [0.2, 0.25) is 0 Å². The molecule has 0 saturated carbocycles. The van der Waals surface area contributed by atoms with Crippen LogP contribution in [0.3, 0.4) is 0 Å². The predicted molar refractivity (Wildman–Crippen MR) is 79.2 cm³/mol. The number of carboxylic acids is 1. The first-order chi connectivity index (χ1) is 9.00. The molecule has 0 amide bonds. The molecule has 0 aliphatic rings. The molecule has 3 nitrogen and oxygen atoms in total. The molecule has 0 spiro atoms. The van der Waals surface area contributed by atoms with Crippen LogP contribution >= 0.6 is 15.9 Å². The Morgan fingerprint density at radius 2 is 2.05 bits per heavy atom. The van der Waals surface area contributed by atoms with Gasteiger partial charge in [-0.15, -0.1) is 0 Å². The van der Waals surface area contributed by atoms with E-state index in [1.165, 1.54) is 0 Å². The molecule has 1 aromatic rings. The standard InChI is InChI=1S/C15H21BrO3/c1-11(2)10-19-8-7-13(15(17)18)9-12-5-3-4-6-14(12)16/h3-6,11,13H,7-10H2,1-2H3,(H,17,18). The molecule has 0 saturated heterocycles. The Morgan fingerprint density at radius 1 is 1.37 bits per heavy atom. The van der Waals surface area contributed by atoms with E-state index in [0.717, 1.165) is 10.0 Å². The zero-order chi connectivity index (χ0) is 14.3. The van der Waals surface area contributed by atoms with Gasteiger partial charge in [-0.2, -0.15) is 0 Å². The van der Waals surface area contributed by atoms with Crippen molar-refractivity contribution >= 4 is 21.9 Å². The summed E-state index contributed by atoms with van der Waals surface area (Å²) in [6, 6.07) is 7.74. The molecular weight excluding hydrogens is 308 g/mol. The second-order valence-electron chi connectivity index (χ2n) is 5.09. The highest BCUT2D eigenvalue weighted by atomic mass is 79.9. The molecule has 0 aliphatic carbocycles. The number of benzene rings is 1. The van der Waals surface area contributed by atoms with Crippen molar-refractivity contribution in [2.75, 3.05) is 13.2 Å². The summed E-state index contributed by atoms with van der Waals surface area (Å²) < 4.78 is 6.43. The molecule has 0 fully saturated rings. The van der Waals surface area contributed by atoms with Crippen molar-refractivity contribution in [1.82, 2.24) is 0 Å². The fraction of sp³-hybridized carbons (Fsp3) is 0.533. The fourth-order valence-corrected chi connectivity index (χ4v) is 2.23. The number of hydrogen-bond donors (Lipinski definition) is 1. The summed E-state index contributed by atoms with van der Waals surface area (Å²) >= 11 is 3.45. The van der Waals surface area contributed by atoms with Crippen LogP contribution in [-0.2, 0) is 16.0 Å². The summed E-state index contributed by atoms with van der Waals surface area (Å²) in [5, 5.41) is 9.26. The highest BCUT2D eigenvalue weighted by Crippen LogP contribution is 2.21. The smallest absolute Gasteiger partial charge is 0.306 e. The third kappa shape index (κ3) is 6.21. The average molecular weight is 329 g/mol. The summed E-state index contributed by atoms with van der Waals surface area (Å²) in [7, 11) is 0. The number of carbonyl (C=O) groups is 1. The van der Waals surface area contributed by atoms with Crippen LogP contribution in [0.25, 0.3) is 0 Å². The molecule has 0 radical (unpaired) electrons. The van der Waals surface area contributed by atoms with Crippen LogP contribution in [0.1, 0.15) is 25.8 Å². The van der Waals surface area contributed by atoms with E-state index < -0.39 is 11.9 Å². The summed E-state index contributed by atoms with van der Waals surface area (Å²) in [6.45, 7) is 5.34. The van der Waals surface area contributed by atoms with Gasteiger partial charge in [0.15, 0.2) is 0 Å². The third-order valence-electron chi connectivity index (χ3n) is 2.84. The van der Waals surface area contributed by atoms with Gasteiger partial charge in [0.2, 0.25) is 0 Å². The second kappa shape index (κ2) is 8.33. The summed E-state index contributed by atoms with van der Waals surface area (Å²) in [4.78, 5) is 11.3. The number of carboxylic acid groups (broad SMARTS) is 1. The van der Waals surface area contributed by atoms with Gasteiger partial charge in [-0.1, -0.05) is 48.0 Å².